The Kier molecular flexibility index (Phi) is 5.50. The van der Waals surface area contributed by atoms with Gasteiger partial charge in [-0.25, -0.2) is 0 Å². The quantitative estimate of drug-likeness (QED) is 0.534. The monoisotopic (exact) mass is 272 g/mol. The average molecular weight is 272 g/mol. The molecular formula is C13H20O6. The predicted molar refractivity (Wildman–Crippen MR) is 66.2 cm³/mol. The van der Waals surface area contributed by atoms with Gasteiger partial charge >= 0.3 is 11.9 Å². The Bertz CT molecular complexity index is 353. The van der Waals surface area contributed by atoms with Crippen LogP contribution in [0.25, 0.3) is 0 Å². The van der Waals surface area contributed by atoms with Gasteiger partial charge in [-0.3, -0.25) is 9.59 Å². The van der Waals surface area contributed by atoms with E-state index in [9.17, 15) is 9.59 Å². The molecule has 0 N–H and O–H groups in total. The SMILES string of the molecule is C=CC[C@]1(OC(C)=O)C[C@@H](OC)O[C@@H]1COC(C)=O. The number of esters is 2. The van der Waals surface area contributed by atoms with Gasteiger partial charge in [-0.1, -0.05) is 6.08 Å². The lowest BCUT2D eigenvalue weighted by Crippen LogP contribution is -2.45. The maximum absolute atomic E-state index is 11.3. The number of ether oxygens (including phenoxy) is 4. The van der Waals surface area contributed by atoms with E-state index in [1.807, 2.05) is 0 Å². The first-order valence-electron chi connectivity index (χ1n) is 6.05. The molecule has 1 rings (SSSR count). The molecule has 0 spiro atoms. The van der Waals surface area contributed by atoms with Crippen molar-refractivity contribution in [1.29, 1.82) is 0 Å². The van der Waals surface area contributed by atoms with E-state index in [-0.39, 0.29) is 6.61 Å². The van der Waals surface area contributed by atoms with Gasteiger partial charge in [0.25, 0.3) is 0 Å². The Hall–Kier alpha value is -1.40. The summed E-state index contributed by atoms with van der Waals surface area (Å²) in [5.41, 5.74) is -0.899. The van der Waals surface area contributed by atoms with Gasteiger partial charge in [-0.15, -0.1) is 6.58 Å². The van der Waals surface area contributed by atoms with Crippen LogP contribution < -0.4 is 0 Å². The van der Waals surface area contributed by atoms with Crippen LogP contribution in [0.5, 0.6) is 0 Å². The van der Waals surface area contributed by atoms with Crippen molar-refractivity contribution >= 4 is 11.9 Å². The van der Waals surface area contributed by atoms with Gasteiger partial charge < -0.3 is 18.9 Å². The van der Waals surface area contributed by atoms with Crippen LogP contribution in [0.4, 0.5) is 0 Å². The molecule has 6 nitrogen and oxygen atoms in total. The lowest BCUT2D eigenvalue weighted by molar-refractivity contribution is -0.174. The molecule has 0 aliphatic carbocycles. The first-order valence-corrected chi connectivity index (χ1v) is 6.05. The minimum absolute atomic E-state index is 0.0102. The summed E-state index contributed by atoms with van der Waals surface area (Å²) >= 11 is 0. The summed E-state index contributed by atoms with van der Waals surface area (Å²) in [6.45, 7) is 6.31. The summed E-state index contributed by atoms with van der Waals surface area (Å²) in [6, 6.07) is 0. The molecule has 0 amide bonds. The molecule has 3 atom stereocenters. The van der Waals surface area contributed by atoms with Crippen molar-refractivity contribution in [1.82, 2.24) is 0 Å². The fraction of sp³-hybridized carbons (Fsp3) is 0.692. The van der Waals surface area contributed by atoms with Gasteiger partial charge in [0.05, 0.1) is 0 Å². The summed E-state index contributed by atoms with van der Waals surface area (Å²) in [4.78, 5) is 22.2. The van der Waals surface area contributed by atoms with Crippen molar-refractivity contribution in [2.24, 2.45) is 0 Å². The molecule has 6 heteroatoms. The Morgan fingerprint density at radius 3 is 2.58 bits per heavy atom. The molecule has 0 radical (unpaired) electrons. The number of hydrogen-bond donors (Lipinski definition) is 0. The lowest BCUT2D eigenvalue weighted by Gasteiger charge is -2.31. The van der Waals surface area contributed by atoms with E-state index in [0.717, 1.165) is 0 Å². The molecule has 0 saturated carbocycles. The van der Waals surface area contributed by atoms with Crippen LogP contribution in [0.1, 0.15) is 26.7 Å². The van der Waals surface area contributed by atoms with Crippen molar-refractivity contribution in [3.63, 3.8) is 0 Å². The Balaban J connectivity index is 2.88. The highest BCUT2D eigenvalue weighted by molar-refractivity contribution is 5.67. The van der Waals surface area contributed by atoms with E-state index in [1.165, 1.54) is 21.0 Å². The van der Waals surface area contributed by atoms with E-state index < -0.39 is 29.9 Å². The molecule has 1 aliphatic heterocycles. The number of carbonyl (C=O) groups is 2. The molecule has 108 valence electrons. The van der Waals surface area contributed by atoms with Gasteiger partial charge in [0.15, 0.2) is 6.29 Å². The van der Waals surface area contributed by atoms with E-state index in [2.05, 4.69) is 6.58 Å². The molecule has 19 heavy (non-hydrogen) atoms. The molecule has 1 heterocycles. The largest absolute Gasteiger partial charge is 0.463 e. The highest BCUT2D eigenvalue weighted by Crippen LogP contribution is 2.38. The van der Waals surface area contributed by atoms with Crippen molar-refractivity contribution in [3.05, 3.63) is 12.7 Å². The highest BCUT2D eigenvalue weighted by atomic mass is 16.7. The second kappa shape index (κ2) is 6.68. The summed E-state index contributed by atoms with van der Waals surface area (Å²) in [7, 11) is 1.51. The summed E-state index contributed by atoms with van der Waals surface area (Å²) in [6.07, 6.45) is 1.35. The third kappa shape index (κ3) is 4.04. The van der Waals surface area contributed by atoms with Crippen LogP contribution in [0.3, 0.4) is 0 Å². The molecule has 0 aromatic heterocycles. The maximum Gasteiger partial charge on any atom is 0.303 e. The third-order valence-corrected chi connectivity index (χ3v) is 2.95. The molecule has 0 aromatic rings. The molecule has 0 aromatic carbocycles. The van der Waals surface area contributed by atoms with E-state index in [1.54, 1.807) is 6.08 Å². The minimum Gasteiger partial charge on any atom is -0.463 e. The van der Waals surface area contributed by atoms with Crippen LogP contribution in [0.15, 0.2) is 12.7 Å². The summed E-state index contributed by atoms with van der Waals surface area (Å²) in [5.74, 6) is -0.838. The van der Waals surface area contributed by atoms with Crippen LogP contribution in [-0.4, -0.2) is 43.7 Å². The number of methoxy groups -OCH3 is 1. The zero-order valence-electron chi connectivity index (χ0n) is 11.5. The fourth-order valence-corrected chi connectivity index (χ4v) is 2.19. The van der Waals surface area contributed by atoms with E-state index in [0.29, 0.717) is 12.8 Å². The molecule has 0 unspecified atom stereocenters. The highest BCUT2D eigenvalue weighted by Gasteiger charge is 2.51. The molecule has 1 fully saturated rings. The predicted octanol–water partition coefficient (Wildman–Crippen LogP) is 1.19. The Labute approximate surface area is 112 Å². The van der Waals surface area contributed by atoms with Crippen LogP contribution in [-0.2, 0) is 28.5 Å². The standard InChI is InChI=1S/C13H20O6/c1-5-6-13(19-10(3)15)7-12(16-4)18-11(13)8-17-9(2)14/h5,11-12H,1,6-8H2,2-4H3/t11-,12+,13+/m1/s1. The summed E-state index contributed by atoms with van der Waals surface area (Å²) < 4.78 is 21.1. The average Bonchev–Trinajstić information content (AvgIpc) is 2.64. The van der Waals surface area contributed by atoms with Gasteiger partial charge in [-0.05, 0) is 0 Å². The van der Waals surface area contributed by atoms with Gasteiger partial charge in [0.1, 0.15) is 18.3 Å². The van der Waals surface area contributed by atoms with Crippen LogP contribution >= 0.6 is 0 Å². The van der Waals surface area contributed by atoms with Gasteiger partial charge in [0.2, 0.25) is 0 Å². The molecule has 0 bridgehead atoms. The Morgan fingerprint density at radius 2 is 2.11 bits per heavy atom. The fourth-order valence-electron chi connectivity index (χ4n) is 2.19. The smallest absolute Gasteiger partial charge is 0.303 e. The second-order valence-corrected chi connectivity index (χ2v) is 4.45. The molecular weight excluding hydrogens is 252 g/mol. The van der Waals surface area contributed by atoms with Crippen molar-refractivity contribution in [2.45, 2.75) is 44.7 Å². The van der Waals surface area contributed by atoms with Crippen LogP contribution in [0.2, 0.25) is 0 Å². The van der Waals surface area contributed by atoms with E-state index >= 15 is 0 Å². The maximum atomic E-state index is 11.3. The summed E-state index contributed by atoms with van der Waals surface area (Å²) in [5, 5.41) is 0. The molecule has 1 saturated heterocycles. The zero-order chi connectivity index (χ0) is 14.5. The first kappa shape index (κ1) is 15.7. The minimum atomic E-state index is -0.899. The normalized spacial score (nSPS) is 29.8. The van der Waals surface area contributed by atoms with Crippen LogP contribution in [0, 0.1) is 0 Å². The number of carbonyl (C=O) groups excluding carboxylic acids is 2. The number of rotatable bonds is 6. The van der Waals surface area contributed by atoms with E-state index in [4.69, 9.17) is 18.9 Å². The van der Waals surface area contributed by atoms with Crippen molar-refractivity contribution in [2.75, 3.05) is 13.7 Å². The number of hydrogen-bond acceptors (Lipinski definition) is 6. The van der Waals surface area contributed by atoms with Gasteiger partial charge in [0, 0.05) is 33.8 Å². The Morgan fingerprint density at radius 1 is 1.42 bits per heavy atom. The van der Waals surface area contributed by atoms with Gasteiger partial charge in [-0.2, -0.15) is 0 Å². The third-order valence-electron chi connectivity index (χ3n) is 2.95. The topological polar surface area (TPSA) is 71.1 Å². The molecule has 1 aliphatic rings. The first-order chi connectivity index (χ1) is 8.93. The van der Waals surface area contributed by atoms with Crippen molar-refractivity contribution < 1.29 is 28.5 Å². The van der Waals surface area contributed by atoms with Crippen molar-refractivity contribution in [3.8, 4) is 0 Å². The zero-order valence-corrected chi connectivity index (χ0v) is 11.5. The second-order valence-electron chi connectivity index (χ2n) is 4.45. The lowest BCUT2D eigenvalue weighted by atomic mass is 9.91.